The number of para-hydroxylation sites is 1. The number of nitrogens with one attached hydrogen (secondary N) is 2. The SMILES string of the molecule is O=C(Cc1c[nH]c2ccccc12)NCC(O)C1CCCC1. The molecule has 0 spiro atoms. The van der Waals surface area contributed by atoms with Crippen LogP contribution in [0.5, 0.6) is 0 Å². The van der Waals surface area contributed by atoms with E-state index in [9.17, 15) is 9.90 Å². The van der Waals surface area contributed by atoms with Crippen molar-refractivity contribution in [3.63, 3.8) is 0 Å². The van der Waals surface area contributed by atoms with E-state index in [1.165, 1.54) is 12.8 Å². The zero-order valence-electron chi connectivity index (χ0n) is 12.1. The van der Waals surface area contributed by atoms with Gasteiger partial charge in [0.05, 0.1) is 12.5 Å². The Bertz CT molecular complexity index is 614. The van der Waals surface area contributed by atoms with Crippen LogP contribution in [0.4, 0.5) is 0 Å². The maximum Gasteiger partial charge on any atom is 0.224 e. The maximum atomic E-state index is 12.0. The third-order valence-electron chi connectivity index (χ3n) is 4.48. The molecule has 1 fully saturated rings. The summed E-state index contributed by atoms with van der Waals surface area (Å²) >= 11 is 0. The number of benzene rings is 1. The molecule has 4 nitrogen and oxygen atoms in total. The molecule has 1 saturated carbocycles. The van der Waals surface area contributed by atoms with Crippen molar-refractivity contribution in [3.8, 4) is 0 Å². The van der Waals surface area contributed by atoms with Crippen molar-refractivity contribution in [3.05, 3.63) is 36.0 Å². The van der Waals surface area contributed by atoms with E-state index in [0.717, 1.165) is 29.3 Å². The monoisotopic (exact) mass is 286 g/mol. The van der Waals surface area contributed by atoms with E-state index < -0.39 is 6.10 Å². The molecule has 0 aliphatic heterocycles. The number of carbonyl (C=O) groups is 1. The molecule has 3 N–H and O–H groups in total. The number of aliphatic hydroxyl groups is 1. The van der Waals surface area contributed by atoms with Crippen molar-refractivity contribution in [2.45, 2.75) is 38.2 Å². The first-order valence-electron chi connectivity index (χ1n) is 7.74. The molecule has 21 heavy (non-hydrogen) atoms. The van der Waals surface area contributed by atoms with Crippen LogP contribution in [0.1, 0.15) is 31.2 Å². The summed E-state index contributed by atoms with van der Waals surface area (Å²) in [6, 6.07) is 7.96. The number of hydrogen-bond donors (Lipinski definition) is 3. The topological polar surface area (TPSA) is 65.1 Å². The van der Waals surface area contributed by atoms with E-state index in [-0.39, 0.29) is 5.91 Å². The van der Waals surface area contributed by atoms with Gasteiger partial charge in [0.25, 0.3) is 0 Å². The molecule has 112 valence electrons. The fourth-order valence-corrected chi connectivity index (χ4v) is 3.24. The second-order valence-corrected chi connectivity index (χ2v) is 5.95. The number of fused-ring (bicyclic) bond motifs is 1. The largest absolute Gasteiger partial charge is 0.391 e. The van der Waals surface area contributed by atoms with Crippen LogP contribution < -0.4 is 5.32 Å². The zero-order chi connectivity index (χ0) is 14.7. The molecule has 4 heteroatoms. The van der Waals surface area contributed by atoms with Crippen molar-refractivity contribution >= 4 is 16.8 Å². The van der Waals surface area contributed by atoms with Gasteiger partial charge in [-0.2, -0.15) is 0 Å². The first-order valence-corrected chi connectivity index (χ1v) is 7.74. The molecule has 1 aromatic heterocycles. The van der Waals surface area contributed by atoms with E-state index >= 15 is 0 Å². The summed E-state index contributed by atoms with van der Waals surface area (Å²) in [6.45, 7) is 0.367. The Labute approximate surface area is 124 Å². The highest BCUT2D eigenvalue weighted by molar-refractivity contribution is 5.88. The summed E-state index contributed by atoms with van der Waals surface area (Å²) in [5, 5.41) is 14.0. The third-order valence-corrected chi connectivity index (χ3v) is 4.48. The zero-order valence-corrected chi connectivity index (χ0v) is 12.1. The highest BCUT2D eigenvalue weighted by Crippen LogP contribution is 2.27. The molecule has 0 saturated heterocycles. The van der Waals surface area contributed by atoms with E-state index in [1.54, 1.807) is 0 Å². The van der Waals surface area contributed by atoms with Gasteiger partial charge in [-0.15, -0.1) is 0 Å². The molecular weight excluding hydrogens is 264 g/mol. The normalized spacial score (nSPS) is 17.2. The van der Waals surface area contributed by atoms with Crippen LogP contribution >= 0.6 is 0 Å². The van der Waals surface area contributed by atoms with Crippen LogP contribution in [0.2, 0.25) is 0 Å². The van der Waals surface area contributed by atoms with Crippen LogP contribution in [0.15, 0.2) is 30.5 Å². The second-order valence-electron chi connectivity index (χ2n) is 5.95. The molecule has 1 aromatic carbocycles. The standard InChI is InChI=1S/C17H22N2O2/c20-16(12-5-1-2-6-12)11-19-17(21)9-13-10-18-15-8-4-3-7-14(13)15/h3-4,7-8,10,12,16,18,20H,1-2,5-6,9,11H2,(H,19,21). The Hall–Kier alpha value is -1.81. The Morgan fingerprint density at radius 1 is 1.33 bits per heavy atom. The summed E-state index contributed by atoms with van der Waals surface area (Å²) in [7, 11) is 0. The van der Waals surface area contributed by atoms with E-state index in [4.69, 9.17) is 0 Å². The Morgan fingerprint density at radius 2 is 2.10 bits per heavy atom. The molecule has 0 bridgehead atoms. The maximum absolute atomic E-state index is 12.0. The summed E-state index contributed by atoms with van der Waals surface area (Å²) in [4.78, 5) is 15.2. The van der Waals surface area contributed by atoms with Gasteiger partial charge in [-0.3, -0.25) is 4.79 Å². The van der Waals surface area contributed by atoms with Gasteiger partial charge in [-0.05, 0) is 30.4 Å². The van der Waals surface area contributed by atoms with Crippen molar-refractivity contribution in [2.24, 2.45) is 5.92 Å². The number of aromatic amines is 1. The Kier molecular flexibility index (Phi) is 4.25. The molecule has 1 amide bonds. The molecule has 1 heterocycles. The van der Waals surface area contributed by atoms with Crippen LogP contribution in [0.25, 0.3) is 10.9 Å². The minimum absolute atomic E-state index is 0.0307. The van der Waals surface area contributed by atoms with Gasteiger partial charge in [0, 0.05) is 23.6 Å². The average molecular weight is 286 g/mol. The van der Waals surface area contributed by atoms with Gasteiger partial charge in [0.1, 0.15) is 0 Å². The van der Waals surface area contributed by atoms with E-state index in [2.05, 4.69) is 10.3 Å². The molecule has 0 radical (unpaired) electrons. The third kappa shape index (κ3) is 3.27. The predicted octanol–water partition coefficient (Wildman–Crippen LogP) is 2.38. The highest BCUT2D eigenvalue weighted by Gasteiger charge is 2.23. The van der Waals surface area contributed by atoms with Crippen LogP contribution in [0.3, 0.4) is 0 Å². The van der Waals surface area contributed by atoms with Crippen molar-refractivity contribution in [1.82, 2.24) is 10.3 Å². The molecule has 2 aromatic rings. The molecular formula is C17H22N2O2. The number of aliphatic hydroxyl groups excluding tert-OH is 1. The lowest BCUT2D eigenvalue weighted by Crippen LogP contribution is -2.36. The molecule has 1 unspecified atom stereocenters. The van der Waals surface area contributed by atoms with E-state index in [0.29, 0.717) is 18.9 Å². The minimum atomic E-state index is -0.403. The summed E-state index contributed by atoms with van der Waals surface area (Å²) < 4.78 is 0. The first kappa shape index (κ1) is 14.1. The lowest BCUT2D eigenvalue weighted by molar-refractivity contribution is -0.121. The lowest BCUT2D eigenvalue weighted by atomic mass is 10.0. The van der Waals surface area contributed by atoms with Crippen molar-refractivity contribution < 1.29 is 9.90 Å². The Morgan fingerprint density at radius 3 is 2.90 bits per heavy atom. The van der Waals surface area contributed by atoms with Gasteiger partial charge < -0.3 is 15.4 Å². The smallest absolute Gasteiger partial charge is 0.224 e. The van der Waals surface area contributed by atoms with Crippen molar-refractivity contribution in [2.75, 3.05) is 6.54 Å². The Balaban J connectivity index is 1.54. The van der Waals surface area contributed by atoms with Crippen LogP contribution in [-0.2, 0) is 11.2 Å². The number of H-pyrrole nitrogens is 1. The fraction of sp³-hybridized carbons (Fsp3) is 0.471. The summed E-state index contributed by atoms with van der Waals surface area (Å²) in [5.74, 6) is 0.329. The van der Waals surface area contributed by atoms with Gasteiger partial charge in [-0.25, -0.2) is 0 Å². The summed E-state index contributed by atoms with van der Waals surface area (Å²) in [6.07, 6.45) is 6.40. The number of amides is 1. The lowest BCUT2D eigenvalue weighted by Gasteiger charge is -2.17. The molecule has 1 aliphatic rings. The minimum Gasteiger partial charge on any atom is -0.391 e. The van der Waals surface area contributed by atoms with Gasteiger partial charge >= 0.3 is 0 Å². The van der Waals surface area contributed by atoms with Gasteiger partial charge in [-0.1, -0.05) is 31.0 Å². The van der Waals surface area contributed by atoms with Crippen LogP contribution in [-0.4, -0.2) is 28.6 Å². The van der Waals surface area contributed by atoms with Gasteiger partial charge in [0.2, 0.25) is 5.91 Å². The average Bonchev–Trinajstić information content (AvgIpc) is 3.15. The molecule has 1 aliphatic carbocycles. The number of hydrogen-bond acceptors (Lipinski definition) is 2. The second kappa shape index (κ2) is 6.31. The number of rotatable bonds is 5. The molecule has 1 atom stereocenters. The van der Waals surface area contributed by atoms with Gasteiger partial charge in [0.15, 0.2) is 0 Å². The quantitative estimate of drug-likeness (QED) is 0.790. The van der Waals surface area contributed by atoms with Crippen LogP contribution in [0, 0.1) is 5.92 Å². The van der Waals surface area contributed by atoms with Crippen molar-refractivity contribution in [1.29, 1.82) is 0 Å². The fourth-order valence-electron chi connectivity index (χ4n) is 3.24. The van der Waals surface area contributed by atoms with E-state index in [1.807, 2.05) is 30.5 Å². The summed E-state index contributed by atoms with van der Waals surface area (Å²) in [5.41, 5.74) is 2.05. The number of aromatic nitrogens is 1. The highest BCUT2D eigenvalue weighted by atomic mass is 16.3. The first-order chi connectivity index (χ1) is 10.2. The predicted molar refractivity (Wildman–Crippen MR) is 83.0 cm³/mol. The number of carbonyl (C=O) groups excluding carboxylic acids is 1. The molecule has 3 rings (SSSR count).